The van der Waals surface area contributed by atoms with Crippen molar-refractivity contribution in [3.63, 3.8) is 0 Å². The van der Waals surface area contributed by atoms with Gasteiger partial charge in [0.1, 0.15) is 17.2 Å². The van der Waals surface area contributed by atoms with Gasteiger partial charge in [0.15, 0.2) is 0 Å². The number of nitrogens with one attached hydrogen (secondary N) is 1. The van der Waals surface area contributed by atoms with Crippen molar-refractivity contribution in [2.45, 2.75) is 6.61 Å². The SMILES string of the molecule is COc1ccc(C(=O)NCCN2C(=O)S/C(=C\c3ccc(OC(F)F)cc3)C2=O)c(OC)c1. The van der Waals surface area contributed by atoms with Crippen LogP contribution in [-0.4, -0.2) is 55.9 Å². The standard InChI is InChI=1S/C22H20F2N2O6S/c1-30-15-7-8-16(17(12-15)31-2)19(27)25-9-10-26-20(28)18(33-22(26)29)11-13-3-5-14(6-4-13)32-21(23)24/h3-8,11-12,21H,9-10H2,1-2H3,(H,25,27)/b18-11-. The maximum atomic E-state index is 12.6. The Morgan fingerprint density at radius 3 is 2.42 bits per heavy atom. The van der Waals surface area contributed by atoms with E-state index in [4.69, 9.17) is 9.47 Å². The minimum Gasteiger partial charge on any atom is -0.497 e. The summed E-state index contributed by atoms with van der Waals surface area (Å²) in [6.07, 6.45) is 1.48. The first-order chi connectivity index (χ1) is 15.8. The highest BCUT2D eigenvalue weighted by Crippen LogP contribution is 2.32. The minimum atomic E-state index is -2.93. The minimum absolute atomic E-state index is 0.0144. The number of rotatable bonds is 9. The Kier molecular flexibility index (Phi) is 7.88. The second kappa shape index (κ2) is 10.8. The summed E-state index contributed by atoms with van der Waals surface area (Å²) in [6, 6.07) is 10.4. The molecule has 3 amide bonds. The molecule has 1 heterocycles. The van der Waals surface area contributed by atoms with Crippen LogP contribution in [0, 0.1) is 0 Å². The van der Waals surface area contributed by atoms with Gasteiger partial charge in [0.2, 0.25) is 0 Å². The van der Waals surface area contributed by atoms with Crippen LogP contribution in [0.4, 0.5) is 13.6 Å². The molecule has 1 N–H and O–H groups in total. The molecule has 0 radical (unpaired) electrons. The van der Waals surface area contributed by atoms with E-state index in [1.54, 1.807) is 18.2 Å². The lowest BCUT2D eigenvalue weighted by molar-refractivity contribution is -0.122. The van der Waals surface area contributed by atoms with Gasteiger partial charge in [-0.05, 0) is 47.7 Å². The monoisotopic (exact) mass is 478 g/mol. The fourth-order valence-corrected chi connectivity index (χ4v) is 3.82. The Morgan fingerprint density at radius 2 is 1.79 bits per heavy atom. The summed E-state index contributed by atoms with van der Waals surface area (Å²) in [4.78, 5) is 38.5. The molecule has 0 spiro atoms. The molecular weight excluding hydrogens is 458 g/mol. The topological polar surface area (TPSA) is 94.2 Å². The molecule has 11 heteroatoms. The quantitative estimate of drug-likeness (QED) is 0.549. The van der Waals surface area contributed by atoms with E-state index in [-0.39, 0.29) is 29.3 Å². The van der Waals surface area contributed by atoms with Gasteiger partial charge in [-0.25, -0.2) is 0 Å². The molecule has 0 bridgehead atoms. The molecule has 0 unspecified atom stereocenters. The molecule has 0 aromatic heterocycles. The largest absolute Gasteiger partial charge is 0.497 e. The first kappa shape index (κ1) is 24.1. The van der Waals surface area contributed by atoms with E-state index in [9.17, 15) is 23.2 Å². The summed E-state index contributed by atoms with van der Waals surface area (Å²) >= 11 is 0.758. The van der Waals surface area contributed by atoms with Gasteiger partial charge in [-0.1, -0.05) is 12.1 Å². The Labute approximate surface area is 192 Å². The maximum Gasteiger partial charge on any atom is 0.387 e. The summed E-state index contributed by atoms with van der Waals surface area (Å²) in [5.41, 5.74) is 0.827. The van der Waals surface area contributed by atoms with Crippen LogP contribution in [0.3, 0.4) is 0 Å². The van der Waals surface area contributed by atoms with E-state index in [0.29, 0.717) is 17.1 Å². The van der Waals surface area contributed by atoms with E-state index in [1.807, 2.05) is 0 Å². The molecule has 0 aliphatic carbocycles. The van der Waals surface area contributed by atoms with Crippen LogP contribution in [0.15, 0.2) is 47.4 Å². The molecule has 1 fully saturated rings. The zero-order chi connectivity index (χ0) is 24.0. The van der Waals surface area contributed by atoms with E-state index >= 15 is 0 Å². The second-order valence-corrected chi connectivity index (χ2v) is 7.60. The number of carbonyl (C=O) groups excluding carboxylic acids is 3. The molecule has 0 saturated carbocycles. The van der Waals surface area contributed by atoms with Crippen LogP contribution in [0.1, 0.15) is 15.9 Å². The zero-order valence-electron chi connectivity index (χ0n) is 17.7. The lowest BCUT2D eigenvalue weighted by Gasteiger charge is -2.14. The second-order valence-electron chi connectivity index (χ2n) is 6.60. The molecular formula is C22H20F2N2O6S. The molecule has 2 aromatic carbocycles. The number of nitrogens with zero attached hydrogens (tertiary/aromatic N) is 1. The number of imide groups is 1. The Bertz CT molecular complexity index is 1080. The number of ether oxygens (including phenoxy) is 3. The molecule has 0 atom stereocenters. The summed E-state index contributed by atoms with van der Waals surface area (Å²) in [6.45, 7) is -2.91. The highest BCUT2D eigenvalue weighted by molar-refractivity contribution is 8.18. The van der Waals surface area contributed by atoms with Gasteiger partial charge in [0.05, 0.1) is 24.7 Å². The molecule has 174 valence electrons. The van der Waals surface area contributed by atoms with Crippen molar-refractivity contribution < 1.29 is 37.4 Å². The Balaban J connectivity index is 1.59. The number of alkyl halides is 2. The molecule has 1 aliphatic heterocycles. The summed E-state index contributed by atoms with van der Waals surface area (Å²) in [7, 11) is 2.92. The molecule has 3 rings (SSSR count). The average Bonchev–Trinajstić information content (AvgIpc) is 3.06. The van der Waals surface area contributed by atoms with Crippen molar-refractivity contribution in [1.29, 1.82) is 0 Å². The van der Waals surface area contributed by atoms with Crippen LogP contribution in [0.2, 0.25) is 0 Å². The van der Waals surface area contributed by atoms with Crippen LogP contribution >= 0.6 is 11.8 Å². The van der Waals surface area contributed by atoms with Gasteiger partial charge in [-0.2, -0.15) is 8.78 Å². The van der Waals surface area contributed by atoms with Crippen LogP contribution < -0.4 is 19.5 Å². The summed E-state index contributed by atoms with van der Waals surface area (Å²) in [5.74, 6) is -0.0908. The van der Waals surface area contributed by atoms with Gasteiger partial charge < -0.3 is 19.5 Å². The van der Waals surface area contributed by atoms with Crippen LogP contribution in [0.5, 0.6) is 17.2 Å². The van der Waals surface area contributed by atoms with E-state index in [1.165, 1.54) is 44.6 Å². The molecule has 33 heavy (non-hydrogen) atoms. The first-order valence-electron chi connectivity index (χ1n) is 9.63. The lowest BCUT2D eigenvalue weighted by Crippen LogP contribution is -2.37. The molecule has 1 aliphatic rings. The smallest absolute Gasteiger partial charge is 0.387 e. The van der Waals surface area contributed by atoms with E-state index < -0.39 is 23.7 Å². The van der Waals surface area contributed by atoms with Crippen molar-refractivity contribution in [3.05, 3.63) is 58.5 Å². The van der Waals surface area contributed by atoms with Gasteiger partial charge in [-0.3, -0.25) is 19.3 Å². The van der Waals surface area contributed by atoms with Crippen LogP contribution in [-0.2, 0) is 4.79 Å². The van der Waals surface area contributed by atoms with Crippen molar-refractivity contribution >= 4 is 34.9 Å². The Hall–Kier alpha value is -3.60. The maximum absolute atomic E-state index is 12.6. The summed E-state index contributed by atoms with van der Waals surface area (Å²) in [5, 5.41) is 2.18. The van der Waals surface area contributed by atoms with E-state index in [2.05, 4.69) is 10.1 Å². The molecule has 2 aromatic rings. The molecule has 8 nitrogen and oxygen atoms in total. The van der Waals surface area contributed by atoms with Gasteiger partial charge in [0.25, 0.3) is 17.1 Å². The number of amides is 3. The number of benzene rings is 2. The third kappa shape index (κ3) is 6.01. The van der Waals surface area contributed by atoms with Gasteiger partial charge in [0, 0.05) is 19.2 Å². The predicted molar refractivity (Wildman–Crippen MR) is 118 cm³/mol. The van der Waals surface area contributed by atoms with Gasteiger partial charge >= 0.3 is 6.61 Å². The molecule has 1 saturated heterocycles. The number of hydrogen-bond acceptors (Lipinski definition) is 7. The number of thioether (sulfide) groups is 1. The van der Waals surface area contributed by atoms with Crippen molar-refractivity contribution in [2.75, 3.05) is 27.3 Å². The lowest BCUT2D eigenvalue weighted by atomic mass is 10.1. The number of methoxy groups -OCH3 is 2. The first-order valence-corrected chi connectivity index (χ1v) is 10.4. The highest BCUT2D eigenvalue weighted by atomic mass is 32.2. The predicted octanol–water partition coefficient (Wildman–Crippen LogP) is 3.77. The zero-order valence-corrected chi connectivity index (χ0v) is 18.5. The van der Waals surface area contributed by atoms with Crippen molar-refractivity contribution in [2.24, 2.45) is 0 Å². The fourth-order valence-electron chi connectivity index (χ4n) is 2.95. The highest BCUT2D eigenvalue weighted by Gasteiger charge is 2.34. The normalized spacial score (nSPS) is 14.7. The third-order valence-electron chi connectivity index (χ3n) is 4.55. The third-order valence-corrected chi connectivity index (χ3v) is 5.46. The van der Waals surface area contributed by atoms with Crippen molar-refractivity contribution in [1.82, 2.24) is 10.2 Å². The van der Waals surface area contributed by atoms with Gasteiger partial charge in [-0.15, -0.1) is 0 Å². The van der Waals surface area contributed by atoms with Crippen LogP contribution in [0.25, 0.3) is 6.08 Å². The summed E-state index contributed by atoms with van der Waals surface area (Å²) < 4.78 is 39.1. The van der Waals surface area contributed by atoms with E-state index in [0.717, 1.165) is 16.7 Å². The Morgan fingerprint density at radius 1 is 1.09 bits per heavy atom. The number of carbonyl (C=O) groups is 3. The number of halogens is 2. The van der Waals surface area contributed by atoms with Crippen molar-refractivity contribution in [3.8, 4) is 17.2 Å². The fraction of sp³-hybridized carbons (Fsp3) is 0.227. The number of hydrogen-bond donors (Lipinski definition) is 1. The average molecular weight is 478 g/mol.